The van der Waals surface area contributed by atoms with Gasteiger partial charge in [0.2, 0.25) is 0 Å². The molecule has 0 bridgehead atoms. The fourth-order valence-corrected chi connectivity index (χ4v) is 2.00. The Morgan fingerprint density at radius 1 is 1.27 bits per heavy atom. The minimum Gasteiger partial charge on any atom is -0.858 e. The third-order valence-electron chi connectivity index (χ3n) is 2.87. The van der Waals surface area contributed by atoms with Gasteiger partial charge in [-0.05, 0) is 24.0 Å². The monoisotopic (exact) mass is 210 g/mol. The van der Waals surface area contributed by atoms with E-state index in [2.05, 4.69) is 0 Å². The van der Waals surface area contributed by atoms with E-state index in [0.29, 0.717) is 0 Å². The lowest BCUT2D eigenvalue weighted by Gasteiger charge is -2.26. The van der Waals surface area contributed by atoms with Crippen LogP contribution in [-0.4, -0.2) is 11.8 Å². The number of halogens is 2. The highest BCUT2D eigenvalue weighted by Crippen LogP contribution is 2.36. The van der Waals surface area contributed by atoms with Crippen molar-refractivity contribution in [2.75, 3.05) is 0 Å². The Morgan fingerprint density at radius 3 is 2.13 bits per heavy atom. The van der Waals surface area contributed by atoms with Crippen molar-refractivity contribution in [3.8, 4) is 0 Å². The van der Waals surface area contributed by atoms with Crippen LogP contribution in [0, 0.1) is 11.3 Å². The summed E-state index contributed by atoms with van der Waals surface area (Å²) in [4.78, 5) is 0. The molecule has 0 unspecified atom stereocenters. The summed E-state index contributed by atoms with van der Waals surface area (Å²) in [5.74, 6) is -6.33. The standard InChI is InChI=1S/C11H11F2NO/c12-11(13,10(14)15)9-5-7-3-1-2-4-8(7)6-9/h1-4,9H,5-6H2,(H2,14,15)/p-1. The van der Waals surface area contributed by atoms with Crippen LogP contribution >= 0.6 is 0 Å². The van der Waals surface area contributed by atoms with Crippen LogP contribution in [0.4, 0.5) is 8.78 Å². The number of nitrogens with one attached hydrogen (secondary N) is 1. The summed E-state index contributed by atoms with van der Waals surface area (Å²) >= 11 is 0. The van der Waals surface area contributed by atoms with Crippen molar-refractivity contribution < 1.29 is 13.9 Å². The lowest BCUT2D eigenvalue weighted by molar-refractivity contribution is -0.251. The first-order valence-corrected chi connectivity index (χ1v) is 4.72. The molecule has 1 aromatic rings. The van der Waals surface area contributed by atoms with Gasteiger partial charge >= 0.3 is 0 Å². The van der Waals surface area contributed by atoms with Crippen molar-refractivity contribution in [1.82, 2.24) is 0 Å². The predicted octanol–water partition coefficient (Wildman–Crippen LogP) is 1.37. The van der Waals surface area contributed by atoms with Crippen LogP contribution in [0.5, 0.6) is 0 Å². The second-order valence-electron chi connectivity index (χ2n) is 3.83. The van der Waals surface area contributed by atoms with Gasteiger partial charge in [-0.25, -0.2) is 8.78 Å². The van der Waals surface area contributed by atoms with Gasteiger partial charge in [-0.1, -0.05) is 24.3 Å². The van der Waals surface area contributed by atoms with E-state index in [1.54, 1.807) is 24.3 Å². The lowest BCUT2D eigenvalue weighted by atomic mass is 9.98. The minimum atomic E-state index is -3.51. The fourth-order valence-electron chi connectivity index (χ4n) is 2.00. The predicted molar refractivity (Wildman–Crippen MR) is 50.0 cm³/mol. The molecule has 1 aromatic carbocycles. The number of hydrogen-bond donors (Lipinski definition) is 1. The highest BCUT2D eigenvalue weighted by Gasteiger charge is 2.42. The van der Waals surface area contributed by atoms with E-state index in [4.69, 9.17) is 5.41 Å². The van der Waals surface area contributed by atoms with Gasteiger partial charge in [0.15, 0.2) is 0 Å². The topological polar surface area (TPSA) is 46.9 Å². The molecule has 80 valence electrons. The third-order valence-corrected chi connectivity index (χ3v) is 2.87. The van der Waals surface area contributed by atoms with Gasteiger partial charge in [0.1, 0.15) is 0 Å². The van der Waals surface area contributed by atoms with Crippen molar-refractivity contribution in [2.24, 2.45) is 5.92 Å². The largest absolute Gasteiger partial charge is 0.858 e. The van der Waals surface area contributed by atoms with Crippen LogP contribution < -0.4 is 5.11 Å². The molecule has 15 heavy (non-hydrogen) atoms. The first-order valence-electron chi connectivity index (χ1n) is 4.72. The average molecular weight is 210 g/mol. The number of benzene rings is 1. The van der Waals surface area contributed by atoms with Crippen LogP contribution in [0.15, 0.2) is 24.3 Å². The Bertz CT molecular complexity index is 378. The molecule has 2 nitrogen and oxygen atoms in total. The van der Waals surface area contributed by atoms with Crippen LogP contribution in [0.25, 0.3) is 0 Å². The van der Waals surface area contributed by atoms with Gasteiger partial charge in [0.25, 0.3) is 5.92 Å². The van der Waals surface area contributed by atoms with Gasteiger partial charge in [0, 0.05) is 11.8 Å². The summed E-state index contributed by atoms with van der Waals surface area (Å²) in [6.45, 7) is 0. The zero-order chi connectivity index (χ0) is 11.1. The number of rotatable bonds is 2. The van der Waals surface area contributed by atoms with E-state index in [9.17, 15) is 13.9 Å². The second-order valence-corrected chi connectivity index (χ2v) is 3.83. The average Bonchev–Trinajstić information content (AvgIpc) is 2.61. The Balaban J connectivity index is 2.24. The Labute approximate surface area is 86.1 Å². The number of alkyl halides is 2. The van der Waals surface area contributed by atoms with Gasteiger partial charge in [-0.15, -0.1) is 0 Å². The van der Waals surface area contributed by atoms with E-state index < -0.39 is 17.7 Å². The van der Waals surface area contributed by atoms with Crippen molar-refractivity contribution in [3.63, 3.8) is 0 Å². The maximum absolute atomic E-state index is 13.3. The third kappa shape index (κ3) is 1.60. The maximum atomic E-state index is 13.3. The van der Waals surface area contributed by atoms with Crippen molar-refractivity contribution in [2.45, 2.75) is 18.8 Å². The second kappa shape index (κ2) is 3.29. The number of hydrogen-bond acceptors (Lipinski definition) is 2. The molecule has 0 radical (unpaired) electrons. The lowest BCUT2D eigenvalue weighted by Crippen LogP contribution is -2.44. The van der Waals surface area contributed by atoms with Gasteiger partial charge in [-0.2, -0.15) is 0 Å². The molecule has 4 heteroatoms. The van der Waals surface area contributed by atoms with Crippen LogP contribution in [-0.2, 0) is 12.8 Å². The molecule has 0 aliphatic heterocycles. The molecule has 0 fully saturated rings. The van der Waals surface area contributed by atoms with Crippen molar-refractivity contribution >= 4 is 5.90 Å². The molecule has 0 aromatic heterocycles. The summed E-state index contributed by atoms with van der Waals surface area (Å²) in [6.07, 6.45) is 0.377. The molecule has 0 atom stereocenters. The molecule has 2 rings (SSSR count). The summed E-state index contributed by atoms with van der Waals surface area (Å²) in [5.41, 5.74) is 1.73. The Morgan fingerprint density at radius 2 is 1.73 bits per heavy atom. The fraction of sp³-hybridized carbons (Fsp3) is 0.364. The van der Waals surface area contributed by atoms with Crippen molar-refractivity contribution in [1.29, 1.82) is 5.41 Å². The molecule has 1 aliphatic rings. The van der Waals surface area contributed by atoms with E-state index in [-0.39, 0.29) is 12.8 Å². The molecule has 0 saturated heterocycles. The van der Waals surface area contributed by atoms with Crippen LogP contribution in [0.1, 0.15) is 11.1 Å². The van der Waals surface area contributed by atoms with Crippen LogP contribution in [0.2, 0.25) is 0 Å². The summed E-state index contributed by atoms with van der Waals surface area (Å²) in [6, 6.07) is 7.17. The summed E-state index contributed by atoms with van der Waals surface area (Å²) < 4.78 is 26.6. The molecular weight excluding hydrogens is 200 g/mol. The zero-order valence-corrected chi connectivity index (χ0v) is 7.97. The summed E-state index contributed by atoms with van der Waals surface area (Å²) in [5, 5.41) is 17.1. The first-order chi connectivity index (χ1) is 7.01. The quantitative estimate of drug-likeness (QED) is 0.581. The summed E-state index contributed by atoms with van der Waals surface area (Å²) in [7, 11) is 0. The Kier molecular flexibility index (Phi) is 2.21. The molecule has 0 amide bonds. The van der Waals surface area contributed by atoms with E-state index in [1.807, 2.05) is 0 Å². The molecule has 1 N–H and O–H groups in total. The highest BCUT2D eigenvalue weighted by molar-refractivity contribution is 5.76. The van der Waals surface area contributed by atoms with Crippen molar-refractivity contribution in [3.05, 3.63) is 35.4 Å². The van der Waals surface area contributed by atoms with Gasteiger partial charge in [0.05, 0.1) is 0 Å². The highest BCUT2D eigenvalue weighted by atomic mass is 19.3. The molecular formula is C11H10F2NO-. The Hall–Kier alpha value is -1.45. The maximum Gasteiger partial charge on any atom is 0.279 e. The molecule has 0 heterocycles. The minimum absolute atomic E-state index is 0.188. The van der Waals surface area contributed by atoms with Gasteiger partial charge < -0.3 is 10.5 Å². The molecule has 0 saturated carbocycles. The zero-order valence-electron chi connectivity index (χ0n) is 7.97. The van der Waals surface area contributed by atoms with E-state index in [1.165, 1.54) is 0 Å². The normalized spacial score (nSPS) is 16.4. The number of fused-ring (bicyclic) bond motifs is 1. The van der Waals surface area contributed by atoms with Gasteiger partial charge in [-0.3, -0.25) is 0 Å². The van der Waals surface area contributed by atoms with E-state index in [0.717, 1.165) is 11.1 Å². The first kappa shape index (κ1) is 10.1. The molecule has 0 spiro atoms. The SMILES string of the molecule is N=C([O-])C(F)(F)C1Cc2ccccc2C1. The van der Waals surface area contributed by atoms with E-state index >= 15 is 0 Å². The van der Waals surface area contributed by atoms with Crippen LogP contribution in [0.3, 0.4) is 0 Å². The smallest absolute Gasteiger partial charge is 0.279 e. The molecule has 1 aliphatic carbocycles.